The van der Waals surface area contributed by atoms with Crippen molar-refractivity contribution in [1.29, 1.82) is 0 Å². The summed E-state index contributed by atoms with van der Waals surface area (Å²) in [5.41, 5.74) is -0.616. The molecule has 120 valence electrons. The maximum absolute atomic E-state index is 12.4. The first kappa shape index (κ1) is 16.1. The monoisotopic (exact) mass is 296 g/mol. The van der Waals surface area contributed by atoms with Crippen LogP contribution in [0.4, 0.5) is 4.79 Å². The van der Waals surface area contributed by atoms with E-state index < -0.39 is 11.4 Å². The smallest absolute Gasteiger partial charge is 0.319 e. The minimum atomic E-state index is -0.698. The van der Waals surface area contributed by atoms with Crippen molar-refractivity contribution in [1.82, 2.24) is 9.80 Å². The van der Waals surface area contributed by atoms with Crippen LogP contribution in [0.1, 0.15) is 46.0 Å². The first-order valence-electron chi connectivity index (χ1n) is 8.13. The number of piperidine rings is 1. The van der Waals surface area contributed by atoms with Crippen LogP contribution in [0.25, 0.3) is 0 Å². The normalized spacial score (nSPS) is 27.3. The molecule has 2 rings (SSSR count). The third-order valence-corrected chi connectivity index (χ3v) is 5.28. The van der Waals surface area contributed by atoms with Crippen molar-refractivity contribution in [2.75, 3.05) is 26.7 Å². The number of likely N-dealkylation sites (tertiary alicyclic amines) is 1. The lowest BCUT2D eigenvalue weighted by atomic mass is 9.75. The van der Waals surface area contributed by atoms with Crippen molar-refractivity contribution in [3.05, 3.63) is 0 Å². The minimum Gasteiger partial charge on any atom is -0.481 e. The van der Waals surface area contributed by atoms with Gasteiger partial charge in [-0.05, 0) is 37.5 Å². The molecule has 2 aliphatic rings. The standard InChI is InChI=1S/C16H28N2O3/c1-4-5-16(14(19)20)6-8-18(9-7-16)15(21)17(3)11-13-10-12(13)2/h12-13H,4-11H2,1-3H3,(H,19,20). The van der Waals surface area contributed by atoms with Gasteiger partial charge in [0.25, 0.3) is 0 Å². The first-order chi connectivity index (χ1) is 9.89. The number of hydrogen-bond donors (Lipinski definition) is 1. The molecule has 5 nitrogen and oxygen atoms in total. The van der Waals surface area contributed by atoms with Gasteiger partial charge in [0.05, 0.1) is 5.41 Å². The van der Waals surface area contributed by atoms with E-state index in [1.54, 1.807) is 0 Å². The van der Waals surface area contributed by atoms with Crippen molar-refractivity contribution in [3.63, 3.8) is 0 Å². The summed E-state index contributed by atoms with van der Waals surface area (Å²) >= 11 is 0. The summed E-state index contributed by atoms with van der Waals surface area (Å²) in [6.45, 7) is 6.20. The lowest BCUT2D eigenvalue weighted by Crippen LogP contribution is -2.50. The van der Waals surface area contributed by atoms with E-state index in [-0.39, 0.29) is 6.03 Å². The lowest BCUT2D eigenvalue weighted by Gasteiger charge is -2.40. The Morgan fingerprint density at radius 1 is 1.33 bits per heavy atom. The highest BCUT2D eigenvalue weighted by Gasteiger charge is 2.42. The summed E-state index contributed by atoms with van der Waals surface area (Å²) in [4.78, 5) is 27.6. The number of carbonyl (C=O) groups excluding carboxylic acids is 1. The molecular weight excluding hydrogens is 268 g/mol. The fourth-order valence-electron chi connectivity index (χ4n) is 3.50. The highest BCUT2D eigenvalue weighted by Crippen LogP contribution is 2.39. The van der Waals surface area contributed by atoms with Crippen LogP contribution in [-0.2, 0) is 4.79 Å². The van der Waals surface area contributed by atoms with Crippen LogP contribution in [0.15, 0.2) is 0 Å². The summed E-state index contributed by atoms with van der Waals surface area (Å²) in [6, 6.07) is 0.0598. The van der Waals surface area contributed by atoms with Crippen molar-refractivity contribution in [3.8, 4) is 0 Å². The number of carboxylic acid groups (broad SMARTS) is 1. The summed E-state index contributed by atoms with van der Waals surface area (Å²) in [6.07, 6.45) is 3.96. The summed E-state index contributed by atoms with van der Waals surface area (Å²) in [5, 5.41) is 9.50. The summed E-state index contributed by atoms with van der Waals surface area (Å²) < 4.78 is 0. The second-order valence-electron chi connectivity index (χ2n) is 6.96. The van der Waals surface area contributed by atoms with Gasteiger partial charge < -0.3 is 14.9 Å². The van der Waals surface area contributed by atoms with E-state index >= 15 is 0 Å². The molecule has 1 N–H and O–H groups in total. The molecule has 21 heavy (non-hydrogen) atoms. The molecule has 2 amide bonds. The third kappa shape index (κ3) is 3.50. The van der Waals surface area contributed by atoms with Gasteiger partial charge in [-0.1, -0.05) is 20.3 Å². The predicted molar refractivity (Wildman–Crippen MR) is 81.1 cm³/mol. The van der Waals surface area contributed by atoms with Crippen LogP contribution < -0.4 is 0 Å². The van der Waals surface area contributed by atoms with Crippen LogP contribution in [0.2, 0.25) is 0 Å². The average molecular weight is 296 g/mol. The lowest BCUT2D eigenvalue weighted by molar-refractivity contribution is -0.152. The molecular formula is C16H28N2O3. The Kier molecular flexibility index (Phi) is 4.79. The number of amides is 2. The quantitative estimate of drug-likeness (QED) is 0.848. The topological polar surface area (TPSA) is 60.9 Å². The van der Waals surface area contributed by atoms with Crippen molar-refractivity contribution >= 4 is 12.0 Å². The second-order valence-corrected chi connectivity index (χ2v) is 6.96. The van der Waals surface area contributed by atoms with E-state index in [1.807, 2.05) is 23.8 Å². The SMILES string of the molecule is CCCC1(C(=O)O)CCN(C(=O)N(C)CC2CC2C)CC1. The highest BCUT2D eigenvalue weighted by molar-refractivity contribution is 5.77. The number of rotatable bonds is 5. The Morgan fingerprint density at radius 3 is 2.33 bits per heavy atom. The zero-order chi connectivity index (χ0) is 15.6. The molecule has 0 aromatic heterocycles. The molecule has 1 aliphatic heterocycles. The average Bonchev–Trinajstić information content (AvgIpc) is 3.14. The Morgan fingerprint density at radius 2 is 1.90 bits per heavy atom. The molecule has 1 saturated heterocycles. The number of nitrogens with zero attached hydrogens (tertiary/aromatic N) is 2. The Bertz CT molecular complexity index is 402. The molecule has 0 bridgehead atoms. The molecule has 0 aromatic carbocycles. The summed E-state index contributed by atoms with van der Waals surface area (Å²) in [5.74, 6) is 0.698. The second kappa shape index (κ2) is 6.24. The fourth-order valence-corrected chi connectivity index (χ4v) is 3.50. The van der Waals surface area contributed by atoms with Crippen LogP contribution in [0.3, 0.4) is 0 Å². The Labute approximate surface area is 127 Å². The molecule has 1 heterocycles. The molecule has 0 spiro atoms. The van der Waals surface area contributed by atoms with Crippen molar-refractivity contribution in [2.45, 2.75) is 46.0 Å². The molecule has 1 saturated carbocycles. The molecule has 0 aromatic rings. The van der Waals surface area contributed by atoms with Gasteiger partial charge in [-0.2, -0.15) is 0 Å². The largest absolute Gasteiger partial charge is 0.481 e. The van der Waals surface area contributed by atoms with Gasteiger partial charge in [0.1, 0.15) is 0 Å². The molecule has 2 atom stereocenters. The van der Waals surface area contributed by atoms with E-state index in [0.717, 1.165) is 18.9 Å². The fraction of sp³-hybridized carbons (Fsp3) is 0.875. The highest BCUT2D eigenvalue weighted by atomic mass is 16.4. The van der Waals surface area contributed by atoms with E-state index in [2.05, 4.69) is 6.92 Å². The molecule has 2 unspecified atom stereocenters. The third-order valence-electron chi connectivity index (χ3n) is 5.28. The van der Waals surface area contributed by atoms with Gasteiger partial charge in [-0.15, -0.1) is 0 Å². The van der Waals surface area contributed by atoms with Gasteiger partial charge in [-0.25, -0.2) is 4.79 Å². The first-order valence-corrected chi connectivity index (χ1v) is 8.13. The maximum atomic E-state index is 12.4. The number of aliphatic carboxylic acids is 1. The number of hydrogen-bond acceptors (Lipinski definition) is 2. The Hall–Kier alpha value is -1.26. The zero-order valence-corrected chi connectivity index (χ0v) is 13.5. The minimum absolute atomic E-state index is 0.0598. The van der Waals surface area contributed by atoms with E-state index in [9.17, 15) is 14.7 Å². The van der Waals surface area contributed by atoms with Crippen LogP contribution >= 0.6 is 0 Å². The molecule has 0 radical (unpaired) electrons. The van der Waals surface area contributed by atoms with Gasteiger partial charge in [-0.3, -0.25) is 4.79 Å². The van der Waals surface area contributed by atoms with Crippen molar-refractivity contribution < 1.29 is 14.7 Å². The summed E-state index contributed by atoms with van der Waals surface area (Å²) in [7, 11) is 1.86. The molecule has 5 heteroatoms. The van der Waals surface area contributed by atoms with E-state index in [4.69, 9.17) is 0 Å². The molecule has 2 fully saturated rings. The maximum Gasteiger partial charge on any atom is 0.319 e. The predicted octanol–water partition coefficient (Wildman–Crippen LogP) is 2.66. The van der Waals surface area contributed by atoms with Crippen LogP contribution in [0, 0.1) is 17.3 Å². The number of carboxylic acids is 1. The Balaban J connectivity index is 1.87. The van der Waals surface area contributed by atoms with E-state index in [0.29, 0.717) is 38.3 Å². The van der Waals surface area contributed by atoms with Crippen LogP contribution in [-0.4, -0.2) is 53.6 Å². The van der Waals surface area contributed by atoms with Gasteiger partial charge in [0.15, 0.2) is 0 Å². The van der Waals surface area contributed by atoms with Crippen LogP contribution in [0.5, 0.6) is 0 Å². The zero-order valence-electron chi connectivity index (χ0n) is 13.5. The van der Waals surface area contributed by atoms with E-state index in [1.165, 1.54) is 6.42 Å². The molecule has 1 aliphatic carbocycles. The van der Waals surface area contributed by atoms with Gasteiger partial charge in [0, 0.05) is 26.7 Å². The van der Waals surface area contributed by atoms with Crippen molar-refractivity contribution in [2.24, 2.45) is 17.3 Å². The number of urea groups is 1. The van der Waals surface area contributed by atoms with Gasteiger partial charge >= 0.3 is 12.0 Å². The van der Waals surface area contributed by atoms with Gasteiger partial charge in [0.2, 0.25) is 0 Å². The number of carbonyl (C=O) groups is 2.